The van der Waals surface area contributed by atoms with Crippen LogP contribution in [0.15, 0.2) is 30.3 Å². The molecule has 1 aromatic carbocycles. The number of amides is 2. The van der Waals surface area contributed by atoms with E-state index in [-0.39, 0.29) is 24.4 Å². The summed E-state index contributed by atoms with van der Waals surface area (Å²) in [5.41, 5.74) is 1.21. The molecule has 23 heavy (non-hydrogen) atoms. The highest BCUT2D eigenvalue weighted by molar-refractivity contribution is 5.84. The van der Waals surface area contributed by atoms with Gasteiger partial charge in [0.05, 0.1) is 27.2 Å². The zero-order chi connectivity index (χ0) is 16.7. The van der Waals surface area contributed by atoms with E-state index < -0.39 is 0 Å². The summed E-state index contributed by atoms with van der Waals surface area (Å²) in [6.45, 7) is 1.46. The van der Waals surface area contributed by atoms with Gasteiger partial charge in [-0.15, -0.1) is 0 Å². The van der Waals surface area contributed by atoms with Crippen LogP contribution in [0.3, 0.4) is 0 Å². The summed E-state index contributed by atoms with van der Waals surface area (Å²) in [7, 11) is 4.17. The Morgan fingerprint density at radius 1 is 1.22 bits per heavy atom. The Morgan fingerprint density at radius 2 is 1.96 bits per heavy atom. The van der Waals surface area contributed by atoms with Crippen LogP contribution in [-0.4, -0.2) is 50.4 Å². The normalized spacial score (nSPS) is 17.0. The van der Waals surface area contributed by atoms with E-state index >= 15 is 0 Å². The van der Waals surface area contributed by atoms with Crippen molar-refractivity contribution in [2.75, 3.05) is 33.7 Å². The van der Waals surface area contributed by atoms with Gasteiger partial charge in [-0.1, -0.05) is 36.8 Å². The molecule has 2 rings (SSSR count). The van der Waals surface area contributed by atoms with Gasteiger partial charge in [-0.25, -0.2) is 0 Å². The van der Waals surface area contributed by atoms with E-state index in [1.807, 2.05) is 18.2 Å². The monoisotopic (exact) mass is 318 g/mol. The van der Waals surface area contributed by atoms with Crippen molar-refractivity contribution < 1.29 is 14.5 Å². The fraction of sp³-hybridized carbons (Fsp3) is 0.556. The van der Waals surface area contributed by atoms with Gasteiger partial charge in [-0.2, -0.15) is 0 Å². The minimum absolute atomic E-state index is 0.0672. The summed E-state index contributed by atoms with van der Waals surface area (Å²) >= 11 is 0. The Labute approximate surface area is 138 Å². The largest absolute Gasteiger partial charge is 0.348 e. The number of hydrogen-bond acceptors (Lipinski definition) is 2. The van der Waals surface area contributed by atoms with Crippen LogP contribution in [-0.2, 0) is 9.59 Å². The SMILES string of the molecule is C[NH+](C)[C@H](CNC(=O)CN1CCCCCC1=O)c1ccccc1. The number of quaternary nitrogens is 1. The van der Waals surface area contributed by atoms with Crippen molar-refractivity contribution in [3.05, 3.63) is 35.9 Å². The van der Waals surface area contributed by atoms with E-state index in [4.69, 9.17) is 0 Å². The molecule has 0 aromatic heterocycles. The van der Waals surface area contributed by atoms with Crippen LogP contribution in [0.1, 0.15) is 37.3 Å². The lowest BCUT2D eigenvalue weighted by molar-refractivity contribution is -0.890. The lowest BCUT2D eigenvalue weighted by atomic mass is 10.1. The molecule has 1 atom stereocenters. The molecule has 2 N–H and O–H groups in total. The zero-order valence-corrected chi connectivity index (χ0v) is 14.2. The van der Waals surface area contributed by atoms with Crippen molar-refractivity contribution in [3.63, 3.8) is 0 Å². The second-order valence-corrected chi connectivity index (χ2v) is 6.47. The molecule has 126 valence electrons. The second kappa shape index (κ2) is 8.67. The van der Waals surface area contributed by atoms with Gasteiger partial charge in [0, 0.05) is 18.5 Å². The van der Waals surface area contributed by atoms with Crippen LogP contribution in [0.4, 0.5) is 0 Å². The molecule has 0 radical (unpaired) electrons. The Morgan fingerprint density at radius 3 is 2.65 bits per heavy atom. The Balaban J connectivity index is 1.87. The molecule has 5 heteroatoms. The van der Waals surface area contributed by atoms with Crippen LogP contribution in [0.5, 0.6) is 0 Å². The molecule has 1 aliphatic heterocycles. The number of carbonyl (C=O) groups is 2. The molecule has 0 spiro atoms. The van der Waals surface area contributed by atoms with Crippen LogP contribution in [0.2, 0.25) is 0 Å². The zero-order valence-electron chi connectivity index (χ0n) is 14.2. The van der Waals surface area contributed by atoms with Gasteiger partial charge >= 0.3 is 0 Å². The van der Waals surface area contributed by atoms with Crippen LogP contribution < -0.4 is 10.2 Å². The molecule has 1 aromatic rings. The topological polar surface area (TPSA) is 53.9 Å². The molecule has 0 bridgehead atoms. The number of nitrogens with one attached hydrogen (secondary N) is 2. The number of rotatable bonds is 6. The van der Waals surface area contributed by atoms with Gasteiger partial charge in [-0.3, -0.25) is 9.59 Å². The predicted octanol–water partition coefficient (Wildman–Crippen LogP) is 0.391. The number of likely N-dealkylation sites (N-methyl/N-ethyl adjacent to an activating group) is 1. The highest BCUT2D eigenvalue weighted by Gasteiger charge is 2.21. The van der Waals surface area contributed by atoms with Gasteiger partial charge in [-0.05, 0) is 12.8 Å². The van der Waals surface area contributed by atoms with Crippen molar-refractivity contribution >= 4 is 11.8 Å². The first-order valence-corrected chi connectivity index (χ1v) is 8.47. The first-order valence-electron chi connectivity index (χ1n) is 8.47. The summed E-state index contributed by atoms with van der Waals surface area (Å²) in [4.78, 5) is 27.1. The fourth-order valence-corrected chi connectivity index (χ4v) is 2.99. The number of nitrogens with zero attached hydrogens (tertiary/aromatic N) is 1. The summed E-state index contributed by atoms with van der Waals surface area (Å²) in [5.74, 6) is 0.0397. The van der Waals surface area contributed by atoms with Crippen LogP contribution >= 0.6 is 0 Å². The van der Waals surface area contributed by atoms with Crippen molar-refractivity contribution in [1.82, 2.24) is 10.2 Å². The second-order valence-electron chi connectivity index (χ2n) is 6.47. The van der Waals surface area contributed by atoms with E-state index in [9.17, 15) is 9.59 Å². The smallest absolute Gasteiger partial charge is 0.239 e. The third kappa shape index (κ3) is 5.36. The molecular formula is C18H28N3O2+. The molecule has 5 nitrogen and oxygen atoms in total. The van der Waals surface area contributed by atoms with Gasteiger partial charge in [0.15, 0.2) is 0 Å². The first kappa shape index (κ1) is 17.5. The number of benzene rings is 1. The Bertz CT molecular complexity index is 516. The molecule has 0 saturated carbocycles. The van der Waals surface area contributed by atoms with Gasteiger partial charge in [0.25, 0.3) is 0 Å². The quantitative estimate of drug-likeness (QED) is 0.797. The maximum absolute atomic E-state index is 12.2. The van der Waals surface area contributed by atoms with Crippen LogP contribution in [0.25, 0.3) is 0 Å². The van der Waals surface area contributed by atoms with E-state index in [2.05, 4.69) is 31.5 Å². The fourth-order valence-electron chi connectivity index (χ4n) is 2.99. The molecule has 0 aliphatic carbocycles. The number of carbonyl (C=O) groups excluding carboxylic acids is 2. The summed E-state index contributed by atoms with van der Waals surface area (Å²) < 4.78 is 0. The Kier molecular flexibility index (Phi) is 6.59. The average molecular weight is 318 g/mol. The first-order chi connectivity index (χ1) is 11.1. The summed E-state index contributed by atoms with van der Waals surface area (Å²) in [6, 6.07) is 10.4. The van der Waals surface area contributed by atoms with E-state index in [0.717, 1.165) is 19.3 Å². The van der Waals surface area contributed by atoms with Crippen LogP contribution in [0, 0.1) is 0 Å². The van der Waals surface area contributed by atoms with E-state index in [1.165, 1.54) is 10.5 Å². The lowest BCUT2D eigenvalue weighted by Gasteiger charge is -2.24. The predicted molar refractivity (Wildman–Crippen MR) is 90.1 cm³/mol. The third-order valence-corrected chi connectivity index (χ3v) is 4.41. The molecular weight excluding hydrogens is 290 g/mol. The van der Waals surface area contributed by atoms with E-state index in [0.29, 0.717) is 19.5 Å². The van der Waals surface area contributed by atoms with Crippen molar-refractivity contribution in [2.24, 2.45) is 0 Å². The van der Waals surface area contributed by atoms with Crippen molar-refractivity contribution in [1.29, 1.82) is 0 Å². The average Bonchev–Trinajstić information content (AvgIpc) is 2.73. The minimum Gasteiger partial charge on any atom is -0.348 e. The third-order valence-electron chi connectivity index (χ3n) is 4.41. The minimum atomic E-state index is -0.0672. The summed E-state index contributed by atoms with van der Waals surface area (Å²) in [6.07, 6.45) is 3.58. The van der Waals surface area contributed by atoms with Crippen molar-refractivity contribution in [3.8, 4) is 0 Å². The van der Waals surface area contributed by atoms with Gasteiger partial charge in [0.2, 0.25) is 11.8 Å². The standard InChI is InChI=1S/C18H27N3O2/c1-20(2)16(15-9-5-3-6-10-15)13-19-17(22)14-21-12-8-4-7-11-18(21)23/h3,5-6,9-10,16H,4,7-8,11-14H2,1-2H3,(H,19,22)/p+1/t16-/m1/s1. The maximum Gasteiger partial charge on any atom is 0.239 e. The molecule has 2 amide bonds. The van der Waals surface area contributed by atoms with Crippen molar-refractivity contribution in [2.45, 2.75) is 31.7 Å². The highest BCUT2D eigenvalue weighted by Crippen LogP contribution is 2.11. The molecule has 1 aliphatic rings. The lowest BCUT2D eigenvalue weighted by Crippen LogP contribution is -3.07. The van der Waals surface area contributed by atoms with Gasteiger partial charge < -0.3 is 15.1 Å². The molecule has 1 fully saturated rings. The van der Waals surface area contributed by atoms with Gasteiger partial charge in [0.1, 0.15) is 6.04 Å². The summed E-state index contributed by atoms with van der Waals surface area (Å²) in [5, 5.41) is 3.00. The molecule has 1 heterocycles. The number of hydrogen-bond donors (Lipinski definition) is 2. The Hall–Kier alpha value is -1.88. The highest BCUT2D eigenvalue weighted by atomic mass is 16.2. The molecule has 1 saturated heterocycles. The molecule has 0 unspecified atom stereocenters. The maximum atomic E-state index is 12.2. The van der Waals surface area contributed by atoms with E-state index in [1.54, 1.807) is 4.90 Å². The number of likely N-dealkylation sites (tertiary alicyclic amines) is 1.